The van der Waals surface area contributed by atoms with Crippen LogP contribution in [0.15, 0.2) is 72.8 Å². The van der Waals surface area contributed by atoms with Crippen LogP contribution in [0.2, 0.25) is 0 Å². The summed E-state index contributed by atoms with van der Waals surface area (Å²) in [6, 6.07) is 15.2. The number of ether oxygens (including phenoxy) is 3. The van der Waals surface area contributed by atoms with E-state index >= 15 is 0 Å². The maximum Gasteiger partial charge on any atom is 0.459 e. The Hall–Kier alpha value is -5.08. The van der Waals surface area contributed by atoms with Crippen LogP contribution < -0.4 is 20.9 Å². The zero-order valence-electron chi connectivity index (χ0n) is 22.4. The lowest BCUT2D eigenvalue weighted by molar-refractivity contribution is -0.355. The zero-order valence-corrected chi connectivity index (χ0v) is 22.4. The third kappa shape index (κ3) is 8.96. The van der Waals surface area contributed by atoms with Gasteiger partial charge in [-0.2, -0.15) is 30.7 Å². The Morgan fingerprint density at radius 3 is 1.86 bits per heavy atom. The number of halogens is 7. The minimum Gasteiger partial charge on any atom is -0.458 e. The number of carbonyl (C=O) groups excluding carboxylic acids is 3. The Kier molecular flexibility index (Phi) is 10.2. The molecule has 0 aliphatic rings. The SMILES string of the molecule is Nc1cc(N)cc(COC(=O)/C=C/c2ccc(OC(=O)c3ccc(OC(=O)CCC(F)(F)C(F)(F)C(F)(F)F)cc3)cc2)c1. The molecule has 0 aliphatic heterocycles. The van der Waals surface area contributed by atoms with E-state index in [9.17, 15) is 45.1 Å². The average molecular weight is 628 g/mol. The van der Waals surface area contributed by atoms with Gasteiger partial charge in [0.15, 0.2) is 0 Å². The number of nitrogen functional groups attached to an aromatic ring is 2. The Labute approximate surface area is 245 Å². The largest absolute Gasteiger partial charge is 0.459 e. The van der Waals surface area contributed by atoms with Gasteiger partial charge in [0.05, 0.1) is 12.0 Å². The van der Waals surface area contributed by atoms with Crippen LogP contribution in [0.5, 0.6) is 11.5 Å². The van der Waals surface area contributed by atoms with Crippen LogP contribution in [0.4, 0.5) is 42.1 Å². The second-order valence-electron chi connectivity index (χ2n) is 9.18. The van der Waals surface area contributed by atoms with Crippen molar-refractivity contribution in [3.8, 4) is 11.5 Å². The fourth-order valence-electron chi connectivity index (χ4n) is 3.47. The Bertz CT molecular complexity index is 1500. The van der Waals surface area contributed by atoms with Crippen molar-refractivity contribution in [3.05, 3.63) is 89.5 Å². The van der Waals surface area contributed by atoms with Crippen LogP contribution in [0, 0.1) is 0 Å². The molecule has 0 saturated carbocycles. The molecule has 0 radical (unpaired) electrons. The van der Waals surface area contributed by atoms with E-state index in [1.807, 2.05) is 0 Å². The molecule has 3 aromatic rings. The van der Waals surface area contributed by atoms with Crippen LogP contribution in [0.1, 0.15) is 34.3 Å². The molecule has 234 valence electrons. The van der Waals surface area contributed by atoms with Gasteiger partial charge in [-0.25, -0.2) is 9.59 Å². The predicted octanol–water partition coefficient (Wildman–Crippen LogP) is 6.35. The first kappa shape index (κ1) is 33.4. The van der Waals surface area contributed by atoms with Crippen molar-refractivity contribution < 1.29 is 59.3 Å². The summed E-state index contributed by atoms with van der Waals surface area (Å²) in [6.45, 7) is -0.0392. The van der Waals surface area contributed by atoms with E-state index in [-0.39, 0.29) is 23.7 Å². The van der Waals surface area contributed by atoms with E-state index in [2.05, 4.69) is 4.74 Å². The molecule has 8 nitrogen and oxygen atoms in total. The second-order valence-corrected chi connectivity index (χ2v) is 9.18. The van der Waals surface area contributed by atoms with Crippen molar-refractivity contribution in [2.24, 2.45) is 0 Å². The minimum absolute atomic E-state index is 0.0326. The fourth-order valence-corrected chi connectivity index (χ4v) is 3.47. The number of esters is 3. The zero-order chi connectivity index (χ0) is 32.7. The predicted molar refractivity (Wildman–Crippen MR) is 143 cm³/mol. The first-order chi connectivity index (χ1) is 20.5. The highest BCUT2D eigenvalue weighted by molar-refractivity contribution is 5.91. The van der Waals surface area contributed by atoms with Crippen LogP contribution in [0.25, 0.3) is 6.08 Å². The molecule has 44 heavy (non-hydrogen) atoms. The lowest BCUT2D eigenvalue weighted by Gasteiger charge is -2.27. The number of rotatable bonds is 11. The second kappa shape index (κ2) is 13.5. The van der Waals surface area contributed by atoms with E-state index in [0.717, 1.165) is 24.3 Å². The maximum atomic E-state index is 13.4. The molecule has 0 bridgehead atoms. The molecule has 15 heteroatoms. The van der Waals surface area contributed by atoms with Gasteiger partial charge in [0.25, 0.3) is 0 Å². The van der Waals surface area contributed by atoms with Gasteiger partial charge in [0.2, 0.25) is 0 Å². The van der Waals surface area contributed by atoms with E-state index in [0.29, 0.717) is 22.5 Å². The summed E-state index contributed by atoms with van der Waals surface area (Å²) >= 11 is 0. The fraction of sp³-hybridized carbons (Fsp3) is 0.207. The van der Waals surface area contributed by atoms with Gasteiger partial charge in [-0.05, 0) is 71.8 Å². The molecule has 0 aliphatic carbocycles. The standard InChI is InChI=1S/C29H23F7N2O6/c30-27(31,28(32,33)29(34,35)36)12-11-25(40)43-22-8-4-19(5-9-22)26(41)44-23-6-1-17(2-7-23)3-10-24(39)42-16-18-13-20(37)15-21(38)14-18/h1-10,13-15H,11-12,16,37-38H2/b10-3+. The van der Waals surface area contributed by atoms with Crippen LogP contribution in [0.3, 0.4) is 0 Å². The van der Waals surface area contributed by atoms with Crippen LogP contribution in [-0.2, 0) is 20.9 Å². The average Bonchev–Trinajstić information content (AvgIpc) is 2.94. The van der Waals surface area contributed by atoms with Crippen molar-refractivity contribution in [1.82, 2.24) is 0 Å². The Morgan fingerprint density at radius 1 is 0.750 bits per heavy atom. The summed E-state index contributed by atoms with van der Waals surface area (Å²) in [7, 11) is 0. The smallest absolute Gasteiger partial charge is 0.458 e. The molecule has 4 N–H and O–H groups in total. The van der Waals surface area contributed by atoms with E-state index in [4.69, 9.17) is 20.9 Å². The maximum absolute atomic E-state index is 13.4. The molecule has 0 unspecified atom stereocenters. The van der Waals surface area contributed by atoms with Crippen molar-refractivity contribution in [2.75, 3.05) is 11.5 Å². The number of carbonyl (C=O) groups is 3. The highest BCUT2D eigenvalue weighted by Gasteiger charge is 2.72. The highest BCUT2D eigenvalue weighted by Crippen LogP contribution is 2.48. The summed E-state index contributed by atoms with van der Waals surface area (Å²) in [5, 5.41) is 0. The van der Waals surface area contributed by atoms with Crippen molar-refractivity contribution in [3.63, 3.8) is 0 Å². The molecular formula is C29H23F7N2O6. The lowest BCUT2D eigenvalue weighted by atomic mass is 10.1. The molecule has 3 rings (SSSR count). The number of nitrogens with two attached hydrogens (primary N) is 2. The van der Waals surface area contributed by atoms with Gasteiger partial charge in [-0.1, -0.05) is 12.1 Å². The van der Waals surface area contributed by atoms with E-state index < -0.39 is 48.8 Å². The molecule has 0 aromatic heterocycles. The van der Waals surface area contributed by atoms with Gasteiger partial charge in [0.1, 0.15) is 18.1 Å². The highest BCUT2D eigenvalue weighted by atomic mass is 19.4. The van der Waals surface area contributed by atoms with E-state index in [1.165, 1.54) is 24.3 Å². The summed E-state index contributed by atoms with van der Waals surface area (Å²) < 4.78 is 104. The number of anilines is 2. The van der Waals surface area contributed by atoms with Crippen LogP contribution >= 0.6 is 0 Å². The van der Waals surface area contributed by atoms with Gasteiger partial charge in [-0.3, -0.25) is 4.79 Å². The van der Waals surface area contributed by atoms with Gasteiger partial charge in [0, 0.05) is 23.9 Å². The van der Waals surface area contributed by atoms with Crippen LogP contribution in [-0.4, -0.2) is 35.9 Å². The quantitative estimate of drug-likeness (QED) is 0.0827. The van der Waals surface area contributed by atoms with Crippen molar-refractivity contribution >= 4 is 35.4 Å². The number of hydrogen-bond donors (Lipinski definition) is 2. The number of alkyl halides is 7. The number of benzene rings is 3. The lowest BCUT2D eigenvalue weighted by Crippen LogP contribution is -2.52. The Balaban J connectivity index is 1.48. The topological polar surface area (TPSA) is 131 Å². The van der Waals surface area contributed by atoms with E-state index in [1.54, 1.807) is 30.3 Å². The molecule has 0 heterocycles. The van der Waals surface area contributed by atoms with Gasteiger partial charge >= 0.3 is 35.9 Å². The minimum atomic E-state index is -6.50. The van der Waals surface area contributed by atoms with Crippen molar-refractivity contribution in [1.29, 1.82) is 0 Å². The molecule has 0 saturated heterocycles. The van der Waals surface area contributed by atoms with Crippen molar-refractivity contribution in [2.45, 2.75) is 37.5 Å². The normalized spacial score (nSPS) is 12.2. The molecule has 0 amide bonds. The first-order valence-corrected chi connectivity index (χ1v) is 12.4. The summed E-state index contributed by atoms with van der Waals surface area (Å²) in [4.78, 5) is 36.1. The first-order valence-electron chi connectivity index (χ1n) is 12.4. The molecular weight excluding hydrogens is 605 g/mol. The third-order valence-electron chi connectivity index (χ3n) is 5.70. The molecule has 0 fully saturated rings. The summed E-state index contributed by atoms with van der Waals surface area (Å²) in [5.74, 6) is -15.0. The summed E-state index contributed by atoms with van der Waals surface area (Å²) in [6.07, 6.45) is -7.40. The molecule has 3 aromatic carbocycles. The molecule has 0 atom stereocenters. The van der Waals surface area contributed by atoms with Gasteiger partial charge in [-0.15, -0.1) is 0 Å². The molecule has 0 spiro atoms. The third-order valence-corrected chi connectivity index (χ3v) is 5.70. The van der Waals surface area contributed by atoms with Gasteiger partial charge < -0.3 is 25.7 Å². The number of hydrogen-bond acceptors (Lipinski definition) is 8. The summed E-state index contributed by atoms with van der Waals surface area (Å²) in [5.41, 5.74) is 13.4. The monoisotopic (exact) mass is 628 g/mol. The Morgan fingerprint density at radius 2 is 1.30 bits per heavy atom.